The Balaban J connectivity index is 2.24. The number of fused-ring (bicyclic) bond motifs is 1. The number of amides is 1. The fourth-order valence-corrected chi connectivity index (χ4v) is 2.52. The first-order valence-electron chi connectivity index (χ1n) is 7.45. The molecule has 0 saturated heterocycles. The van der Waals surface area contributed by atoms with Crippen LogP contribution in [0.4, 0.5) is 4.79 Å². The van der Waals surface area contributed by atoms with Crippen LogP contribution in [0.15, 0.2) is 18.2 Å². The maximum atomic E-state index is 12.1. The molecule has 0 bridgehead atoms. The SMILES string of the molecule is CCCCOC(=O)N1Cc2cc(C(=O)O)ccc2C[C@@H]1C(=O)O. The predicted octanol–water partition coefficient (Wildman–Crippen LogP) is 2.13. The highest BCUT2D eigenvalue weighted by Gasteiger charge is 2.35. The first kappa shape index (κ1) is 16.8. The zero-order valence-electron chi connectivity index (χ0n) is 12.8. The lowest BCUT2D eigenvalue weighted by molar-refractivity contribution is -0.143. The van der Waals surface area contributed by atoms with Gasteiger partial charge in [-0.2, -0.15) is 0 Å². The number of hydrogen-bond donors (Lipinski definition) is 2. The summed E-state index contributed by atoms with van der Waals surface area (Å²) in [6.07, 6.45) is 1.02. The zero-order chi connectivity index (χ0) is 17.0. The van der Waals surface area contributed by atoms with Crippen LogP contribution in [0.2, 0.25) is 0 Å². The van der Waals surface area contributed by atoms with E-state index in [1.54, 1.807) is 6.07 Å². The Labute approximate surface area is 133 Å². The Morgan fingerprint density at radius 3 is 2.61 bits per heavy atom. The van der Waals surface area contributed by atoms with Crippen molar-refractivity contribution in [3.63, 3.8) is 0 Å². The van der Waals surface area contributed by atoms with E-state index in [1.165, 1.54) is 12.1 Å². The average Bonchev–Trinajstić information content (AvgIpc) is 2.52. The minimum atomic E-state index is -1.11. The third-order valence-corrected chi connectivity index (χ3v) is 3.83. The molecule has 23 heavy (non-hydrogen) atoms. The average molecular weight is 321 g/mol. The Kier molecular flexibility index (Phi) is 5.20. The number of hydrogen-bond acceptors (Lipinski definition) is 4. The molecule has 0 fully saturated rings. The molecular weight excluding hydrogens is 302 g/mol. The highest BCUT2D eigenvalue weighted by Crippen LogP contribution is 2.25. The van der Waals surface area contributed by atoms with E-state index in [2.05, 4.69) is 0 Å². The minimum Gasteiger partial charge on any atom is -0.480 e. The molecule has 0 aromatic heterocycles. The van der Waals surface area contributed by atoms with Crippen LogP contribution in [0.25, 0.3) is 0 Å². The van der Waals surface area contributed by atoms with Crippen LogP contribution >= 0.6 is 0 Å². The molecule has 0 spiro atoms. The molecule has 1 aromatic rings. The number of aliphatic carboxylic acids is 1. The van der Waals surface area contributed by atoms with Gasteiger partial charge in [-0.25, -0.2) is 14.4 Å². The largest absolute Gasteiger partial charge is 0.480 e. The number of carbonyl (C=O) groups is 3. The van der Waals surface area contributed by atoms with Crippen molar-refractivity contribution >= 4 is 18.0 Å². The molecule has 7 nitrogen and oxygen atoms in total. The van der Waals surface area contributed by atoms with Gasteiger partial charge in [0, 0.05) is 6.42 Å². The van der Waals surface area contributed by atoms with Crippen molar-refractivity contribution in [1.82, 2.24) is 4.90 Å². The molecule has 1 heterocycles. The molecule has 1 aromatic carbocycles. The molecule has 0 unspecified atom stereocenters. The summed E-state index contributed by atoms with van der Waals surface area (Å²) < 4.78 is 5.10. The highest BCUT2D eigenvalue weighted by molar-refractivity contribution is 5.88. The van der Waals surface area contributed by atoms with Gasteiger partial charge in [-0.3, -0.25) is 4.90 Å². The van der Waals surface area contributed by atoms with Gasteiger partial charge in [-0.1, -0.05) is 19.4 Å². The summed E-state index contributed by atoms with van der Waals surface area (Å²) in [6.45, 7) is 2.22. The van der Waals surface area contributed by atoms with Crippen LogP contribution in [0.1, 0.15) is 41.3 Å². The molecule has 1 aliphatic heterocycles. The van der Waals surface area contributed by atoms with Crippen molar-refractivity contribution in [2.45, 2.75) is 38.8 Å². The van der Waals surface area contributed by atoms with Gasteiger partial charge in [0.05, 0.1) is 18.7 Å². The van der Waals surface area contributed by atoms with E-state index < -0.39 is 24.1 Å². The number of rotatable bonds is 5. The van der Waals surface area contributed by atoms with Crippen LogP contribution < -0.4 is 0 Å². The maximum absolute atomic E-state index is 12.1. The zero-order valence-corrected chi connectivity index (χ0v) is 12.8. The summed E-state index contributed by atoms with van der Waals surface area (Å²) in [4.78, 5) is 35.8. The van der Waals surface area contributed by atoms with Crippen LogP contribution in [0.3, 0.4) is 0 Å². The molecular formula is C16H19NO6. The van der Waals surface area contributed by atoms with E-state index in [4.69, 9.17) is 9.84 Å². The van der Waals surface area contributed by atoms with E-state index in [1.807, 2.05) is 6.92 Å². The predicted molar refractivity (Wildman–Crippen MR) is 80.3 cm³/mol. The Bertz CT molecular complexity index is 627. The first-order chi connectivity index (χ1) is 10.9. The van der Waals surface area contributed by atoms with Crippen molar-refractivity contribution in [3.05, 3.63) is 34.9 Å². The fourth-order valence-electron chi connectivity index (χ4n) is 2.52. The van der Waals surface area contributed by atoms with Gasteiger partial charge in [-0.15, -0.1) is 0 Å². The van der Waals surface area contributed by atoms with Gasteiger partial charge in [0.2, 0.25) is 0 Å². The van der Waals surface area contributed by atoms with Crippen molar-refractivity contribution in [1.29, 1.82) is 0 Å². The van der Waals surface area contributed by atoms with E-state index in [0.717, 1.165) is 16.9 Å². The number of ether oxygens (including phenoxy) is 1. The van der Waals surface area contributed by atoms with Crippen LogP contribution in [0, 0.1) is 0 Å². The Hall–Kier alpha value is -2.57. The standard InChI is InChI=1S/C16H19NO6/c1-2-3-6-23-16(22)17-9-12-7-11(14(18)19)5-4-10(12)8-13(17)15(20)21/h4-5,7,13H,2-3,6,8-9H2,1H3,(H,18,19)(H,20,21)/t13-/m1/s1. The Morgan fingerprint density at radius 2 is 2.00 bits per heavy atom. The monoisotopic (exact) mass is 321 g/mol. The van der Waals surface area contributed by atoms with Crippen LogP contribution in [-0.2, 0) is 22.5 Å². The number of nitrogens with zero attached hydrogens (tertiary/aromatic N) is 1. The number of benzene rings is 1. The molecule has 0 aliphatic carbocycles. The number of carboxylic acids is 2. The maximum Gasteiger partial charge on any atom is 0.410 e. The molecule has 124 valence electrons. The van der Waals surface area contributed by atoms with E-state index in [-0.39, 0.29) is 25.1 Å². The number of carbonyl (C=O) groups excluding carboxylic acids is 1. The quantitative estimate of drug-likeness (QED) is 0.805. The van der Waals surface area contributed by atoms with Gasteiger partial charge in [0.15, 0.2) is 0 Å². The summed E-state index contributed by atoms with van der Waals surface area (Å²) in [5.41, 5.74) is 1.48. The highest BCUT2D eigenvalue weighted by atomic mass is 16.6. The molecule has 1 atom stereocenters. The summed E-state index contributed by atoms with van der Waals surface area (Å²) >= 11 is 0. The lowest BCUT2D eigenvalue weighted by Gasteiger charge is -2.33. The first-order valence-corrected chi connectivity index (χ1v) is 7.45. The van der Waals surface area contributed by atoms with Gasteiger partial charge in [0.1, 0.15) is 6.04 Å². The smallest absolute Gasteiger partial charge is 0.410 e. The summed E-state index contributed by atoms with van der Waals surface area (Å²) in [7, 11) is 0. The topological polar surface area (TPSA) is 104 Å². The van der Waals surface area contributed by atoms with E-state index in [9.17, 15) is 19.5 Å². The summed E-state index contributed by atoms with van der Waals surface area (Å²) in [5.74, 6) is -2.17. The lowest BCUT2D eigenvalue weighted by atomic mass is 9.92. The van der Waals surface area contributed by atoms with Gasteiger partial charge >= 0.3 is 18.0 Å². The summed E-state index contributed by atoms with van der Waals surface area (Å²) in [5, 5.41) is 18.4. The third kappa shape index (κ3) is 3.80. The molecule has 7 heteroatoms. The normalized spacial score (nSPS) is 16.6. The van der Waals surface area contributed by atoms with Crippen molar-refractivity contribution in [2.24, 2.45) is 0 Å². The molecule has 1 amide bonds. The minimum absolute atomic E-state index is 0.0262. The second kappa shape index (κ2) is 7.13. The van der Waals surface area contributed by atoms with Gasteiger partial charge in [0.25, 0.3) is 0 Å². The summed E-state index contributed by atoms with van der Waals surface area (Å²) in [6, 6.07) is 3.51. The van der Waals surface area contributed by atoms with Crippen molar-refractivity contribution < 1.29 is 29.3 Å². The molecule has 2 N–H and O–H groups in total. The second-order valence-corrected chi connectivity index (χ2v) is 5.44. The van der Waals surface area contributed by atoms with E-state index >= 15 is 0 Å². The van der Waals surface area contributed by atoms with E-state index in [0.29, 0.717) is 12.0 Å². The number of aromatic carboxylic acids is 1. The number of carboxylic acid groups (broad SMARTS) is 2. The van der Waals surface area contributed by atoms with Crippen LogP contribution in [-0.4, -0.2) is 45.8 Å². The van der Waals surface area contributed by atoms with Crippen molar-refractivity contribution in [3.8, 4) is 0 Å². The molecule has 0 radical (unpaired) electrons. The van der Waals surface area contributed by atoms with Gasteiger partial charge < -0.3 is 14.9 Å². The molecule has 2 rings (SSSR count). The van der Waals surface area contributed by atoms with Crippen LogP contribution in [0.5, 0.6) is 0 Å². The fraction of sp³-hybridized carbons (Fsp3) is 0.438. The third-order valence-electron chi connectivity index (χ3n) is 3.83. The molecule has 0 saturated carbocycles. The Morgan fingerprint density at radius 1 is 1.26 bits per heavy atom. The number of unbranched alkanes of at least 4 members (excludes halogenated alkanes) is 1. The van der Waals surface area contributed by atoms with Gasteiger partial charge in [-0.05, 0) is 29.7 Å². The lowest BCUT2D eigenvalue weighted by Crippen LogP contribution is -2.49. The second-order valence-electron chi connectivity index (χ2n) is 5.44. The molecule has 1 aliphatic rings. The van der Waals surface area contributed by atoms with Crippen molar-refractivity contribution in [2.75, 3.05) is 6.61 Å².